The van der Waals surface area contributed by atoms with Gasteiger partial charge in [0.25, 0.3) is 0 Å². The molecule has 1 atom stereocenters. The maximum Gasteiger partial charge on any atom is 0.161 e. The summed E-state index contributed by atoms with van der Waals surface area (Å²) in [4.78, 5) is 0. The minimum absolute atomic E-state index is 0.375. The maximum atomic E-state index is 9.70. The monoisotopic (exact) mass is 297 g/mol. The molecule has 5 nitrogen and oxygen atoms in total. The molecule has 0 aromatic heterocycles. The van der Waals surface area contributed by atoms with E-state index in [1.807, 2.05) is 24.3 Å². The van der Waals surface area contributed by atoms with Crippen LogP contribution in [0.15, 0.2) is 24.3 Å². The van der Waals surface area contributed by atoms with Gasteiger partial charge in [0.2, 0.25) is 0 Å². The van der Waals surface area contributed by atoms with Crippen LogP contribution in [0.1, 0.15) is 19.8 Å². The smallest absolute Gasteiger partial charge is 0.161 e. The Hall–Kier alpha value is -1.30. The molecule has 0 aliphatic heterocycles. The number of para-hydroxylation sites is 2. The highest BCUT2D eigenvalue weighted by molar-refractivity contribution is 5.39. The highest BCUT2D eigenvalue weighted by atomic mass is 16.5. The molecule has 0 bridgehead atoms. The van der Waals surface area contributed by atoms with Crippen molar-refractivity contribution in [3.05, 3.63) is 24.3 Å². The predicted molar refractivity (Wildman–Crippen MR) is 83.1 cm³/mol. The number of hydrogen-bond acceptors (Lipinski definition) is 5. The van der Waals surface area contributed by atoms with Gasteiger partial charge >= 0.3 is 0 Å². The largest absolute Gasteiger partial charge is 0.493 e. The number of benzene rings is 1. The average molecular weight is 297 g/mol. The lowest BCUT2D eigenvalue weighted by molar-refractivity contribution is 0.0356. The van der Waals surface area contributed by atoms with Gasteiger partial charge < -0.3 is 24.6 Å². The Morgan fingerprint density at radius 3 is 2.67 bits per heavy atom. The van der Waals surface area contributed by atoms with E-state index in [0.717, 1.165) is 24.3 Å². The highest BCUT2D eigenvalue weighted by Crippen LogP contribution is 2.25. The van der Waals surface area contributed by atoms with Gasteiger partial charge in [-0.05, 0) is 18.6 Å². The first-order chi connectivity index (χ1) is 10.3. The molecule has 2 N–H and O–H groups in total. The molecule has 0 spiro atoms. The molecule has 0 aliphatic rings. The van der Waals surface area contributed by atoms with Gasteiger partial charge in [0.05, 0.1) is 19.8 Å². The van der Waals surface area contributed by atoms with Crippen LogP contribution in [-0.4, -0.2) is 51.2 Å². The third-order valence-electron chi connectivity index (χ3n) is 2.94. The van der Waals surface area contributed by atoms with E-state index in [1.165, 1.54) is 0 Å². The summed E-state index contributed by atoms with van der Waals surface area (Å²) in [6.45, 7) is 4.88. The molecule has 0 heterocycles. The molecule has 0 amide bonds. The zero-order valence-corrected chi connectivity index (χ0v) is 13.0. The second kappa shape index (κ2) is 11.4. The topological polar surface area (TPSA) is 60.0 Å². The minimum atomic E-state index is -0.479. The number of hydrogen-bond donors (Lipinski definition) is 2. The molecule has 1 rings (SSSR count). The number of unbranched alkanes of at least 4 members (excludes halogenated alkanes) is 1. The van der Waals surface area contributed by atoms with Crippen LogP contribution in [0.5, 0.6) is 11.5 Å². The van der Waals surface area contributed by atoms with Gasteiger partial charge in [0.1, 0.15) is 6.61 Å². The molecular formula is C16H27NO4. The van der Waals surface area contributed by atoms with Gasteiger partial charge in [-0.1, -0.05) is 25.5 Å². The third-order valence-corrected chi connectivity index (χ3v) is 2.94. The summed E-state index contributed by atoms with van der Waals surface area (Å²) in [5.41, 5.74) is 0. The van der Waals surface area contributed by atoms with Crippen LogP contribution in [0.4, 0.5) is 0 Å². The first-order valence-electron chi connectivity index (χ1n) is 7.50. The van der Waals surface area contributed by atoms with Crippen molar-refractivity contribution >= 4 is 0 Å². The van der Waals surface area contributed by atoms with Crippen molar-refractivity contribution in [3.8, 4) is 11.5 Å². The van der Waals surface area contributed by atoms with Crippen LogP contribution >= 0.6 is 0 Å². The van der Waals surface area contributed by atoms with Crippen molar-refractivity contribution in [1.82, 2.24) is 5.32 Å². The Labute approximate surface area is 127 Å². The van der Waals surface area contributed by atoms with Gasteiger partial charge in [0.15, 0.2) is 11.5 Å². The Kier molecular flexibility index (Phi) is 9.61. The van der Waals surface area contributed by atoms with E-state index in [2.05, 4.69) is 12.2 Å². The summed E-state index contributed by atoms with van der Waals surface area (Å²) < 4.78 is 16.2. The first kappa shape index (κ1) is 17.8. The van der Waals surface area contributed by atoms with E-state index >= 15 is 0 Å². The minimum Gasteiger partial charge on any atom is -0.493 e. The van der Waals surface area contributed by atoms with Gasteiger partial charge in [-0.3, -0.25) is 0 Å². The van der Waals surface area contributed by atoms with Crippen LogP contribution in [0, 0.1) is 0 Å². The second-order valence-electron chi connectivity index (χ2n) is 4.79. The summed E-state index contributed by atoms with van der Waals surface area (Å²) in [5.74, 6) is 1.45. The lowest BCUT2D eigenvalue weighted by atomic mass is 10.3. The van der Waals surface area contributed by atoms with Crippen molar-refractivity contribution < 1.29 is 19.3 Å². The second-order valence-corrected chi connectivity index (χ2v) is 4.79. The Balaban J connectivity index is 2.06. The van der Waals surface area contributed by atoms with E-state index in [4.69, 9.17) is 14.2 Å². The van der Waals surface area contributed by atoms with Crippen LogP contribution in [0.25, 0.3) is 0 Å². The van der Waals surface area contributed by atoms with Gasteiger partial charge in [-0.15, -0.1) is 0 Å². The summed E-state index contributed by atoms with van der Waals surface area (Å²) in [6, 6.07) is 7.54. The Morgan fingerprint density at radius 1 is 1.19 bits per heavy atom. The fraction of sp³-hybridized carbons (Fsp3) is 0.625. The fourth-order valence-electron chi connectivity index (χ4n) is 1.76. The van der Waals surface area contributed by atoms with Crippen molar-refractivity contribution in [2.45, 2.75) is 25.9 Å². The number of aliphatic hydroxyl groups is 1. The molecule has 0 radical (unpaired) electrons. The molecule has 1 aromatic carbocycles. The zero-order valence-electron chi connectivity index (χ0n) is 13.0. The van der Waals surface area contributed by atoms with Crippen LogP contribution in [0.2, 0.25) is 0 Å². The summed E-state index contributed by atoms with van der Waals surface area (Å²) in [6.07, 6.45) is 1.66. The number of ether oxygens (including phenoxy) is 3. The SMILES string of the molecule is CCCCOC[C@@H](O)CNCCOc1ccccc1OC. The maximum absolute atomic E-state index is 9.70. The molecule has 0 fully saturated rings. The number of rotatable bonds is 12. The van der Waals surface area contributed by atoms with Gasteiger partial charge in [-0.25, -0.2) is 0 Å². The number of methoxy groups -OCH3 is 1. The van der Waals surface area contributed by atoms with Crippen molar-refractivity contribution in [3.63, 3.8) is 0 Å². The molecule has 0 saturated heterocycles. The zero-order chi connectivity index (χ0) is 15.3. The summed E-state index contributed by atoms with van der Waals surface area (Å²) >= 11 is 0. The predicted octanol–water partition coefficient (Wildman–Crippen LogP) is 1.84. The number of aliphatic hydroxyl groups excluding tert-OH is 1. The third kappa shape index (κ3) is 7.90. The lowest BCUT2D eigenvalue weighted by Crippen LogP contribution is -2.33. The Bertz CT molecular complexity index is 373. The van der Waals surface area contributed by atoms with Crippen molar-refractivity contribution in [2.75, 3.05) is 40.0 Å². The average Bonchev–Trinajstić information content (AvgIpc) is 2.51. The highest BCUT2D eigenvalue weighted by Gasteiger charge is 2.04. The molecule has 0 saturated carbocycles. The van der Waals surface area contributed by atoms with E-state index in [9.17, 15) is 5.11 Å². The summed E-state index contributed by atoms with van der Waals surface area (Å²) in [5, 5.41) is 12.8. The Morgan fingerprint density at radius 2 is 1.95 bits per heavy atom. The van der Waals surface area contributed by atoms with E-state index in [-0.39, 0.29) is 0 Å². The standard InChI is InChI=1S/C16H27NO4/c1-3-4-10-20-13-14(18)12-17-9-11-21-16-8-6-5-7-15(16)19-2/h5-8,14,17-18H,3-4,9-13H2,1-2H3/t14-/m0/s1. The summed E-state index contributed by atoms with van der Waals surface area (Å²) in [7, 11) is 1.62. The molecular weight excluding hydrogens is 270 g/mol. The van der Waals surface area contributed by atoms with E-state index in [1.54, 1.807) is 7.11 Å². The van der Waals surface area contributed by atoms with Gasteiger partial charge in [-0.2, -0.15) is 0 Å². The molecule has 120 valence electrons. The number of nitrogens with one attached hydrogen (secondary N) is 1. The molecule has 5 heteroatoms. The lowest BCUT2D eigenvalue weighted by Gasteiger charge is -2.13. The van der Waals surface area contributed by atoms with Crippen molar-refractivity contribution in [1.29, 1.82) is 0 Å². The van der Waals surface area contributed by atoms with Crippen molar-refractivity contribution in [2.24, 2.45) is 0 Å². The van der Waals surface area contributed by atoms with Crippen LogP contribution in [0.3, 0.4) is 0 Å². The first-order valence-corrected chi connectivity index (χ1v) is 7.50. The van der Waals surface area contributed by atoms with Crippen LogP contribution in [-0.2, 0) is 4.74 Å². The quantitative estimate of drug-likeness (QED) is 0.577. The molecule has 21 heavy (non-hydrogen) atoms. The van der Waals surface area contributed by atoms with E-state index < -0.39 is 6.10 Å². The normalized spacial score (nSPS) is 12.1. The molecule has 1 aromatic rings. The fourth-order valence-corrected chi connectivity index (χ4v) is 1.76. The molecule has 0 aliphatic carbocycles. The molecule has 0 unspecified atom stereocenters. The van der Waals surface area contributed by atoms with Gasteiger partial charge in [0, 0.05) is 19.7 Å². The van der Waals surface area contributed by atoms with E-state index in [0.29, 0.717) is 32.9 Å². The van der Waals surface area contributed by atoms with Crippen LogP contribution < -0.4 is 14.8 Å².